The van der Waals surface area contributed by atoms with Crippen LogP contribution in [0.1, 0.15) is 37.8 Å². The molecule has 2 rings (SSSR count). The third-order valence-corrected chi connectivity index (χ3v) is 5.23. The van der Waals surface area contributed by atoms with E-state index in [-0.39, 0.29) is 17.1 Å². The van der Waals surface area contributed by atoms with Crippen LogP contribution in [0.25, 0.3) is 0 Å². The fraction of sp³-hybridized carbons (Fsp3) is 0.429. The third-order valence-electron chi connectivity index (χ3n) is 2.75. The van der Waals surface area contributed by atoms with Crippen molar-refractivity contribution in [3.63, 3.8) is 0 Å². The molecule has 2 aromatic rings. The number of aryl methyl sites for hydroxylation is 2. The molecule has 0 bridgehead atoms. The Kier molecular flexibility index (Phi) is 4.61. The summed E-state index contributed by atoms with van der Waals surface area (Å²) in [5.74, 6) is 0. The van der Waals surface area contributed by atoms with Crippen LogP contribution in [0.4, 0.5) is 0 Å². The summed E-state index contributed by atoms with van der Waals surface area (Å²) in [6.07, 6.45) is 8.99. The van der Waals surface area contributed by atoms with Crippen LogP contribution in [0.5, 0.6) is 0 Å². The van der Waals surface area contributed by atoms with Crippen molar-refractivity contribution in [3.8, 4) is 0 Å². The Bertz CT molecular complexity index is 414. The molecule has 17 heavy (non-hydrogen) atoms. The average molecular weight is 317 g/mol. The van der Waals surface area contributed by atoms with Gasteiger partial charge in [0.25, 0.3) is 0 Å². The second-order valence-corrected chi connectivity index (χ2v) is 6.37. The predicted molar refractivity (Wildman–Crippen MR) is 68.8 cm³/mol. The summed E-state index contributed by atoms with van der Waals surface area (Å²) in [5.41, 5.74) is 3.01. The van der Waals surface area contributed by atoms with E-state index >= 15 is 0 Å². The van der Waals surface area contributed by atoms with Gasteiger partial charge in [0.2, 0.25) is 0 Å². The standard InChI is InChI=1S/2C7H10N.Ru/c2*1-2-3-7-4-5-8-6-7;/h2*4-5,8H,2-3H2,1H3;. The van der Waals surface area contributed by atoms with Gasteiger partial charge < -0.3 is 0 Å². The molecule has 94 valence electrons. The fourth-order valence-corrected chi connectivity index (χ4v) is 4.18. The molecule has 0 saturated carbocycles. The first-order valence-electron chi connectivity index (χ1n) is 6.30. The van der Waals surface area contributed by atoms with Crippen LogP contribution < -0.4 is 8.58 Å². The Morgan fingerprint density at radius 1 is 0.882 bits per heavy atom. The molecule has 0 aliphatic carbocycles. The van der Waals surface area contributed by atoms with Crippen molar-refractivity contribution in [3.05, 3.63) is 35.7 Å². The average Bonchev–Trinajstić information content (AvgIpc) is 2.92. The molecular weight excluding hydrogens is 297 g/mol. The quantitative estimate of drug-likeness (QED) is 0.766. The molecule has 0 aliphatic rings. The molecule has 0 radical (unpaired) electrons. The second-order valence-electron chi connectivity index (χ2n) is 4.20. The SMILES string of the molecule is CCCc1cc[nH][c]1[Ru][c]1[nH]ccc1CCC. The number of hydrogen-bond donors (Lipinski definition) is 2. The molecule has 0 saturated heterocycles. The van der Waals surface area contributed by atoms with Crippen LogP contribution >= 0.6 is 0 Å². The summed E-state index contributed by atoms with van der Waals surface area (Å²) in [5, 5.41) is 0. The normalized spacial score (nSPS) is 11.2. The maximum absolute atomic E-state index is 3.42. The zero-order valence-electron chi connectivity index (χ0n) is 10.5. The van der Waals surface area contributed by atoms with Crippen LogP contribution in [0.3, 0.4) is 0 Å². The van der Waals surface area contributed by atoms with E-state index < -0.39 is 0 Å². The zero-order chi connectivity index (χ0) is 12.1. The Balaban J connectivity index is 2.13. The van der Waals surface area contributed by atoms with Crippen LogP contribution in [0, 0.1) is 0 Å². The van der Waals surface area contributed by atoms with Gasteiger partial charge in [0.15, 0.2) is 0 Å². The summed E-state index contributed by atoms with van der Waals surface area (Å²) >= 11 is 0.121. The Morgan fingerprint density at radius 3 is 1.76 bits per heavy atom. The fourth-order valence-electron chi connectivity index (χ4n) is 1.93. The van der Waals surface area contributed by atoms with Crippen molar-refractivity contribution >= 4 is 8.58 Å². The minimum absolute atomic E-state index is 0.121. The summed E-state index contributed by atoms with van der Waals surface area (Å²) in [7, 11) is 0. The van der Waals surface area contributed by atoms with Gasteiger partial charge in [-0.25, -0.2) is 0 Å². The first-order valence-corrected chi connectivity index (χ1v) is 8.03. The Morgan fingerprint density at radius 2 is 1.35 bits per heavy atom. The van der Waals surface area contributed by atoms with E-state index in [0.717, 1.165) is 0 Å². The first kappa shape index (κ1) is 12.6. The summed E-state index contributed by atoms with van der Waals surface area (Å²) in [6.45, 7) is 4.48. The number of hydrogen-bond acceptors (Lipinski definition) is 0. The van der Waals surface area contributed by atoms with E-state index in [9.17, 15) is 0 Å². The van der Waals surface area contributed by atoms with E-state index in [1.807, 2.05) is 0 Å². The van der Waals surface area contributed by atoms with E-state index in [2.05, 4.69) is 48.3 Å². The van der Waals surface area contributed by atoms with Crippen LogP contribution in [-0.2, 0) is 30.0 Å². The topological polar surface area (TPSA) is 31.6 Å². The molecule has 0 amide bonds. The van der Waals surface area contributed by atoms with Gasteiger partial charge in [-0.05, 0) is 0 Å². The van der Waals surface area contributed by atoms with Gasteiger partial charge in [0.05, 0.1) is 0 Å². The zero-order valence-corrected chi connectivity index (χ0v) is 12.2. The number of H-pyrrole nitrogens is 2. The summed E-state index contributed by atoms with van der Waals surface area (Å²) < 4.78 is 2.91. The van der Waals surface area contributed by atoms with Crippen molar-refractivity contribution < 1.29 is 17.1 Å². The van der Waals surface area contributed by atoms with Crippen molar-refractivity contribution in [2.24, 2.45) is 0 Å². The molecule has 0 unspecified atom stereocenters. The summed E-state index contributed by atoms with van der Waals surface area (Å²) in [6, 6.07) is 4.46. The van der Waals surface area contributed by atoms with Crippen LogP contribution in [0.15, 0.2) is 24.5 Å². The minimum atomic E-state index is 0.121. The van der Waals surface area contributed by atoms with Crippen molar-refractivity contribution in [2.45, 2.75) is 39.5 Å². The maximum atomic E-state index is 3.42. The molecule has 0 atom stereocenters. The number of aromatic nitrogens is 2. The van der Waals surface area contributed by atoms with Crippen LogP contribution in [-0.4, -0.2) is 9.97 Å². The molecule has 0 aromatic carbocycles. The van der Waals surface area contributed by atoms with Crippen molar-refractivity contribution in [1.82, 2.24) is 9.97 Å². The number of nitrogens with one attached hydrogen (secondary N) is 2. The van der Waals surface area contributed by atoms with Crippen molar-refractivity contribution in [2.75, 3.05) is 0 Å². The van der Waals surface area contributed by atoms with E-state index in [1.54, 1.807) is 0 Å². The Labute approximate surface area is 111 Å². The Hall–Kier alpha value is -0.817. The first-order chi connectivity index (χ1) is 8.35. The molecule has 3 heteroatoms. The molecule has 2 N–H and O–H groups in total. The van der Waals surface area contributed by atoms with Gasteiger partial charge >= 0.3 is 111 Å². The second kappa shape index (κ2) is 6.21. The van der Waals surface area contributed by atoms with E-state index in [4.69, 9.17) is 0 Å². The predicted octanol–water partition coefficient (Wildman–Crippen LogP) is 2.28. The monoisotopic (exact) mass is 318 g/mol. The van der Waals surface area contributed by atoms with Gasteiger partial charge in [0.1, 0.15) is 0 Å². The molecule has 2 heterocycles. The van der Waals surface area contributed by atoms with Gasteiger partial charge in [0, 0.05) is 0 Å². The molecule has 0 fully saturated rings. The van der Waals surface area contributed by atoms with Gasteiger partial charge in [-0.15, -0.1) is 0 Å². The molecular formula is C14H20N2Ru. The van der Waals surface area contributed by atoms with E-state index in [1.165, 1.54) is 45.4 Å². The van der Waals surface area contributed by atoms with Gasteiger partial charge in [-0.2, -0.15) is 0 Å². The third kappa shape index (κ3) is 3.10. The van der Waals surface area contributed by atoms with Gasteiger partial charge in [-0.3, -0.25) is 0 Å². The van der Waals surface area contributed by atoms with Gasteiger partial charge in [-0.1, -0.05) is 0 Å². The molecule has 2 nitrogen and oxygen atoms in total. The molecule has 0 spiro atoms. The number of aromatic amines is 2. The molecule has 2 aromatic heterocycles. The van der Waals surface area contributed by atoms with Crippen molar-refractivity contribution in [1.29, 1.82) is 0 Å². The number of rotatable bonds is 6. The van der Waals surface area contributed by atoms with Crippen LogP contribution in [0.2, 0.25) is 0 Å². The summed E-state index contributed by atoms with van der Waals surface area (Å²) in [4.78, 5) is 6.84. The van der Waals surface area contributed by atoms with E-state index in [0.29, 0.717) is 0 Å². The molecule has 0 aliphatic heterocycles.